The Kier molecular flexibility index (Phi) is 5.00. The van der Waals surface area contributed by atoms with Gasteiger partial charge in [0.15, 0.2) is 0 Å². The van der Waals surface area contributed by atoms with Crippen LogP contribution in [0.2, 0.25) is 0 Å². The molecule has 0 amide bonds. The molecule has 0 spiro atoms. The van der Waals surface area contributed by atoms with Crippen LogP contribution in [0.15, 0.2) is 23.1 Å². The van der Waals surface area contributed by atoms with Crippen LogP contribution in [0.4, 0.5) is 4.39 Å². The fourth-order valence-electron chi connectivity index (χ4n) is 1.98. The number of thioether (sulfide) groups is 1. The minimum absolute atomic E-state index is 0.0164. The molecule has 1 saturated heterocycles. The lowest BCUT2D eigenvalue weighted by Gasteiger charge is -2.22. The summed E-state index contributed by atoms with van der Waals surface area (Å²) in [7, 11) is -3.68. The van der Waals surface area contributed by atoms with Crippen molar-refractivity contribution in [2.24, 2.45) is 5.73 Å². The second kappa shape index (κ2) is 6.38. The van der Waals surface area contributed by atoms with Crippen LogP contribution in [0.25, 0.3) is 0 Å². The number of sulfonamides is 1. The Hall–Kier alpha value is -0.700. The molecular formula is C12H15FN2O2S3. The van der Waals surface area contributed by atoms with Crippen LogP contribution in [0, 0.1) is 5.82 Å². The van der Waals surface area contributed by atoms with Gasteiger partial charge < -0.3 is 5.73 Å². The van der Waals surface area contributed by atoms with Crippen LogP contribution < -0.4 is 10.5 Å². The van der Waals surface area contributed by atoms with Gasteiger partial charge in [-0.1, -0.05) is 12.2 Å². The number of rotatable bonds is 4. The normalized spacial score (nSPS) is 19.8. The highest BCUT2D eigenvalue weighted by Gasteiger charge is 2.23. The monoisotopic (exact) mass is 334 g/mol. The molecule has 8 heteroatoms. The van der Waals surface area contributed by atoms with Crippen molar-refractivity contribution in [2.75, 3.05) is 11.5 Å². The third kappa shape index (κ3) is 3.69. The van der Waals surface area contributed by atoms with Crippen molar-refractivity contribution in [3.63, 3.8) is 0 Å². The van der Waals surface area contributed by atoms with Crippen molar-refractivity contribution < 1.29 is 12.8 Å². The molecule has 1 aliphatic heterocycles. The topological polar surface area (TPSA) is 72.2 Å². The third-order valence-corrected chi connectivity index (χ3v) is 5.95. The van der Waals surface area contributed by atoms with Gasteiger partial charge >= 0.3 is 0 Å². The lowest BCUT2D eigenvalue weighted by molar-refractivity contribution is 0.542. The molecule has 1 heterocycles. The largest absolute Gasteiger partial charge is 0.389 e. The standard InChI is InChI=1S/C12H15FN2O2S3/c13-11-4-3-9(6-10(11)12(14)18)20(16,17)15-8-2-1-5-19-7-8/h3-4,6,8,15H,1-2,5,7H2,(H2,14,18). The first-order chi connectivity index (χ1) is 9.40. The zero-order valence-corrected chi connectivity index (χ0v) is 13.1. The third-order valence-electron chi connectivity index (χ3n) is 3.00. The van der Waals surface area contributed by atoms with E-state index in [0.717, 1.165) is 30.4 Å². The van der Waals surface area contributed by atoms with Crippen molar-refractivity contribution >= 4 is 39.0 Å². The molecule has 1 atom stereocenters. The molecule has 110 valence electrons. The number of hydrogen-bond donors (Lipinski definition) is 2. The summed E-state index contributed by atoms with van der Waals surface area (Å²) >= 11 is 6.43. The van der Waals surface area contributed by atoms with E-state index in [1.54, 1.807) is 11.8 Å². The zero-order valence-electron chi connectivity index (χ0n) is 10.6. The summed E-state index contributed by atoms with van der Waals surface area (Å²) in [5.74, 6) is 1.19. The van der Waals surface area contributed by atoms with E-state index in [2.05, 4.69) is 4.72 Å². The minimum atomic E-state index is -3.68. The van der Waals surface area contributed by atoms with Gasteiger partial charge in [-0.3, -0.25) is 0 Å². The number of halogens is 1. The van der Waals surface area contributed by atoms with Crippen molar-refractivity contribution in [3.05, 3.63) is 29.6 Å². The molecule has 3 N–H and O–H groups in total. The van der Waals surface area contributed by atoms with Gasteiger partial charge in [0.2, 0.25) is 10.0 Å². The highest BCUT2D eigenvalue weighted by Crippen LogP contribution is 2.20. The van der Waals surface area contributed by atoms with E-state index in [0.29, 0.717) is 0 Å². The van der Waals surface area contributed by atoms with E-state index in [1.807, 2.05) is 0 Å². The predicted molar refractivity (Wildman–Crippen MR) is 83.0 cm³/mol. The lowest BCUT2D eigenvalue weighted by Crippen LogP contribution is -2.38. The average Bonchev–Trinajstić information content (AvgIpc) is 2.39. The fraction of sp³-hybridized carbons (Fsp3) is 0.417. The quantitative estimate of drug-likeness (QED) is 0.819. The number of nitrogens with two attached hydrogens (primary N) is 1. The summed E-state index contributed by atoms with van der Waals surface area (Å²) in [6.45, 7) is 0. The van der Waals surface area contributed by atoms with Crippen LogP contribution in [-0.2, 0) is 10.0 Å². The SMILES string of the molecule is NC(=S)c1cc(S(=O)(=O)NC2CCCSC2)ccc1F. The van der Waals surface area contributed by atoms with Gasteiger partial charge in [-0.25, -0.2) is 17.5 Å². The smallest absolute Gasteiger partial charge is 0.240 e. The van der Waals surface area contributed by atoms with Gasteiger partial charge in [-0.05, 0) is 36.8 Å². The Bertz CT molecular complexity index is 613. The van der Waals surface area contributed by atoms with Gasteiger partial charge in [-0.2, -0.15) is 11.8 Å². The van der Waals surface area contributed by atoms with Crippen molar-refractivity contribution in [1.29, 1.82) is 0 Å². The van der Waals surface area contributed by atoms with E-state index in [9.17, 15) is 12.8 Å². The number of benzene rings is 1. The Morgan fingerprint density at radius 1 is 1.50 bits per heavy atom. The molecule has 1 fully saturated rings. The molecule has 0 radical (unpaired) electrons. The van der Waals surface area contributed by atoms with E-state index in [-0.39, 0.29) is 21.5 Å². The summed E-state index contributed by atoms with van der Waals surface area (Å²) < 4.78 is 40.6. The van der Waals surface area contributed by atoms with Crippen molar-refractivity contribution in [1.82, 2.24) is 4.72 Å². The van der Waals surface area contributed by atoms with Gasteiger partial charge in [-0.15, -0.1) is 0 Å². The highest BCUT2D eigenvalue weighted by atomic mass is 32.2. The molecule has 1 aromatic carbocycles. The van der Waals surface area contributed by atoms with E-state index in [4.69, 9.17) is 18.0 Å². The highest BCUT2D eigenvalue weighted by molar-refractivity contribution is 7.99. The molecule has 1 unspecified atom stereocenters. The van der Waals surface area contributed by atoms with Crippen LogP contribution in [0.5, 0.6) is 0 Å². The summed E-state index contributed by atoms with van der Waals surface area (Å²) in [6, 6.07) is 3.38. The second-order valence-corrected chi connectivity index (χ2v) is 7.84. The Morgan fingerprint density at radius 2 is 2.25 bits per heavy atom. The second-order valence-electron chi connectivity index (χ2n) is 4.54. The van der Waals surface area contributed by atoms with Gasteiger partial charge in [0.1, 0.15) is 10.8 Å². The van der Waals surface area contributed by atoms with Crippen LogP contribution in [-0.4, -0.2) is 31.0 Å². The molecular weight excluding hydrogens is 319 g/mol. The first-order valence-corrected chi connectivity index (χ1v) is 9.14. The fourth-order valence-corrected chi connectivity index (χ4v) is 4.61. The summed E-state index contributed by atoms with van der Waals surface area (Å²) in [6.07, 6.45) is 1.80. The average molecular weight is 334 g/mol. The first kappa shape index (κ1) is 15.7. The maximum absolute atomic E-state index is 13.5. The lowest BCUT2D eigenvalue weighted by atomic mass is 10.2. The summed E-state index contributed by atoms with van der Waals surface area (Å²) in [5, 5.41) is 0. The maximum Gasteiger partial charge on any atom is 0.240 e. The Labute approximate surface area is 127 Å². The molecule has 2 rings (SSSR count). The van der Waals surface area contributed by atoms with Gasteiger partial charge in [0, 0.05) is 17.4 Å². The molecule has 1 aliphatic rings. The van der Waals surface area contributed by atoms with E-state index >= 15 is 0 Å². The van der Waals surface area contributed by atoms with E-state index in [1.165, 1.54) is 12.1 Å². The maximum atomic E-state index is 13.5. The summed E-state index contributed by atoms with van der Waals surface area (Å²) in [5.41, 5.74) is 5.33. The van der Waals surface area contributed by atoms with Gasteiger partial charge in [0.25, 0.3) is 0 Å². The Balaban J connectivity index is 2.24. The molecule has 0 aliphatic carbocycles. The van der Waals surface area contributed by atoms with E-state index < -0.39 is 15.8 Å². The first-order valence-electron chi connectivity index (χ1n) is 6.09. The Morgan fingerprint density at radius 3 is 2.85 bits per heavy atom. The van der Waals surface area contributed by atoms with Crippen molar-refractivity contribution in [3.8, 4) is 0 Å². The molecule has 0 aromatic heterocycles. The minimum Gasteiger partial charge on any atom is -0.389 e. The van der Waals surface area contributed by atoms with Crippen LogP contribution >= 0.6 is 24.0 Å². The van der Waals surface area contributed by atoms with Crippen molar-refractivity contribution in [2.45, 2.75) is 23.8 Å². The summed E-state index contributed by atoms with van der Waals surface area (Å²) in [4.78, 5) is -0.176. The van der Waals surface area contributed by atoms with Crippen LogP contribution in [0.1, 0.15) is 18.4 Å². The number of hydrogen-bond acceptors (Lipinski definition) is 4. The van der Waals surface area contributed by atoms with Crippen LogP contribution in [0.3, 0.4) is 0 Å². The predicted octanol–water partition coefficient (Wildman–Crippen LogP) is 1.63. The zero-order chi connectivity index (χ0) is 14.8. The number of thiocarbonyl (C=S) groups is 1. The molecule has 0 bridgehead atoms. The van der Waals surface area contributed by atoms with Gasteiger partial charge in [0.05, 0.1) is 4.90 Å². The molecule has 0 saturated carbocycles. The molecule has 1 aromatic rings. The number of nitrogens with one attached hydrogen (secondary N) is 1. The molecule has 4 nitrogen and oxygen atoms in total. The molecule has 20 heavy (non-hydrogen) atoms.